The highest BCUT2D eigenvalue weighted by Gasteiger charge is 2.20. The van der Waals surface area contributed by atoms with Gasteiger partial charge in [-0.15, -0.1) is 5.10 Å². The molecule has 0 unspecified atom stereocenters. The molecule has 1 saturated carbocycles. The molecule has 0 aliphatic heterocycles. The standard InChI is InChI=1S/C10H13N3O2/c14-10(15)6-11-9-5-4-8(12-13-9)7-2-1-3-7/h4-5,7H,1-3,6H2,(H,11,13)(H,14,15). The van der Waals surface area contributed by atoms with E-state index in [-0.39, 0.29) is 6.54 Å². The fraction of sp³-hybridized carbons (Fsp3) is 0.500. The summed E-state index contributed by atoms with van der Waals surface area (Å²) < 4.78 is 0. The Labute approximate surface area is 87.5 Å². The second-order valence-corrected chi connectivity index (χ2v) is 3.72. The molecule has 1 aliphatic carbocycles. The van der Waals surface area contributed by atoms with Gasteiger partial charge in [-0.3, -0.25) is 4.79 Å². The zero-order chi connectivity index (χ0) is 10.7. The van der Waals surface area contributed by atoms with Crippen molar-refractivity contribution in [1.29, 1.82) is 0 Å². The van der Waals surface area contributed by atoms with Crippen molar-refractivity contribution in [1.82, 2.24) is 10.2 Å². The monoisotopic (exact) mass is 207 g/mol. The number of carbonyl (C=O) groups is 1. The Balaban J connectivity index is 1.94. The maximum Gasteiger partial charge on any atom is 0.322 e. The Morgan fingerprint density at radius 2 is 2.27 bits per heavy atom. The minimum atomic E-state index is -0.903. The summed E-state index contributed by atoms with van der Waals surface area (Å²) >= 11 is 0. The molecule has 1 fully saturated rings. The van der Waals surface area contributed by atoms with E-state index in [1.54, 1.807) is 6.07 Å². The highest BCUT2D eigenvalue weighted by Crippen LogP contribution is 2.34. The third-order valence-electron chi connectivity index (χ3n) is 2.63. The van der Waals surface area contributed by atoms with Crippen LogP contribution < -0.4 is 5.32 Å². The Morgan fingerprint density at radius 3 is 2.73 bits per heavy atom. The van der Waals surface area contributed by atoms with E-state index in [2.05, 4.69) is 15.5 Å². The molecule has 5 nitrogen and oxygen atoms in total. The van der Waals surface area contributed by atoms with Gasteiger partial charge in [0.05, 0.1) is 5.69 Å². The Bertz CT molecular complexity index is 346. The van der Waals surface area contributed by atoms with Crippen LogP contribution in [0.4, 0.5) is 5.82 Å². The molecule has 1 aliphatic rings. The number of hydrogen-bond acceptors (Lipinski definition) is 4. The van der Waals surface area contributed by atoms with Crippen molar-refractivity contribution in [2.24, 2.45) is 0 Å². The van der Waals surface area contributed by atoms with Crippen molar-refractivity contribution in [3.8, 4) is 0 Å². The van der Waals surface area contributed by atoms with Crippen LogP contribution in [0.2, 0.25) is 0 Å². The number of carboxylic acid groups (broad SMARTS) is 1. The number of aliphatic carboxylic acids is 1. The molecule has 1 aromatic rings. The number of hydrogen-bond donors (Lipinski definition) is 2. The minimum absolute atomic E-state index is 0.128. The predicted molar refractivity (Wildman–Crippen MR) is 54.7 cm³/mol. The number of rotatable bonds is 4. The topological polar surface area (TPSA) is 75.1 Å². The average Bonchev–Trinajstić information content (AvgIpc) is 2.14. The molecule has 0 bridgehead atoms. The molecule has 0 radical (unpaired) electrons. The van der Waals surface area contributed by atoms with Crippen molar-refractivity contribution in [3.63, 3.8) is 0 Å². The molecule has 15 heavy (non-hydrogen) atoms. The van der Waals surface area contributed by atoms with E-state index in [1.807, 2.05) is 6.07 Å². The van der Waals surface area contributed by atoms with Gasteiger partial charge in [0, 0.05) is 5.92 Å². The zero-order valence-corrected chi connectivity index (χ0v) is 8.31. The van der Waals surface area contributed by atoms with E-state index in [1.165, 1.54) is 19.3 Å². The Kier molecular flexibility index (Phi) is 2.80. The summed E-state index contributed by atoms with van der Waals surface area (Å²) in [6, 6.07) is 3.70. The van der Waals surface area contributed by atoms with E-state index in [4.69, 9.17) is 5.11 Å². The fourth-order valence-corrected chi connectivity index (χ4v) is 1.52. The normalized spacial score (nSPS) is 15.7. The largest absolute Gasteiger partial charge is 0.480 e. The van der Waals surface area contributed by atoms with Gasteiger partial charge >= 0.3 is 5.97 Å². The maximum absolute atomic E-state index is 10.3. The van der Waals surface area contributed by atoms with Crippen LogP contribution in [0.3, 0.4) is 0 Å². The lowest BCUT2D eigenvalue weighted by atomic mass is 9.83. The minimum Gasteiger partial charge on any atom is -0.480 e. The Morgan fingerprint density at radius 1 is 1.47 bits per heavy atom. The van der Waals surface area contributed by atoms with Crippen LogP contribution in [0.25, 0.3) is 0 Å². The van der Waals surface area contributed by atoms with Gasteiger partial charge in [0.2, 0.25) is 0 Å². The number of aromatic nitrogens is 2. The van der Waals surface area contributed by atoms with Crippen molar-refractivity contribution >= 4 is 11.8 Å². The summed E-state index contributed by atoms with van der Waals surface area (Å²) in [5, 5.41) is 19.1. The first-order valence-electron chi connectivity index (χ1n) is 5.05. The van der Waals surface area contributed by atoms with Crippen molar-refractivity contribution in [3.05, 3.63) is 17.8 Å². The number of carboxylic acids is 1. The van der Waals surface area contributed by atoms with E-state index in [9.17, 15) is 4.79 Å². The lowest BCUT2D eigenvalue weighted by Gasteiger charge is -2.23. The fourth-order valence-electron chi connectivity index (χ4n) is 1.52. The van der Waals surface area contributed by atoms with Crippen molar-refractivity contribution in [2.45, 2.75) is 25.2 Å². The van der Waals surface area contributed by atoms with Crippen molar-refractivity contribution in [2.75, 3.05) is 11.9 Å². The smallest absolute Gasteiger partial charge is 0.322 e. The van der Waals surface area contributed by atoms with Crippen LogP contribution in [0.1, 0.15) is 30.9 Å². The van der Waals surface area contributed by atoms with Crippen LogP contribution >= 0.6 is 0 Å². The number of anilines is 1. The number of nitrogens with one attached hydrogen (secondary N) is 1. The SMILES string of the molecule is O=C(O)CNc1ccc(C2CCC2)nn1. The number of nitrogens with zero attached hydrogens (tertiary/aromatic N) is 2. The first kappa shape index (κ1) is 9.89. The third-order valence-corrected chi connectivity index (χ3v) is 2.63. The highest BCUT2D eigenvalue weighted by molar-refractivity contribution is 5.72. The lowest BCUT2D eigenvalue weighted by molar-refractivity contribution is -0.134. The first-order valence-corrected chi connectivity index (χ1v) is 5.05. The molecule has 0 aromatic carbocycles. The van der Waals surface area contributed by atoms with Crippen LogP contribution in [-0.2, 0) is 4.79 Å². The molecule has 0 spiro atoms. The summed E-state index contributed by atoms with van der Waals surface area (Å²) in [4.78, 5) is 10.3. The molecule has 80 valence electrons. The van der Waals surface area contributed by atoms with Gasteiger partial charge in [0.15, 0.2) is 0 Å². The van der Waals surface area contributed by atoms with Gasteiger partial charge < -0.3 is 10.4 Å². The van der Waals surface area contributed by atoms with E-state index >= 15 is 0 Å². The molecule has 0 saturated heterocycles. The molecule has 1 heterocycles. The quantitative estimate of drug-likeness (QED) is 0.776. The van der Waals surface area contributed by atoms with Crippen LogP contribution in [0.5, 0.6) is 0 Å². The van der Waals surface area contributed by atoms with Gasteiger partial charge in [-0.1, -0.05) is 6.42 Å². The van der Waals surface area contributed by atoms with Gasteiger partial charge in [-0.2, -0.15) is 5.10 Å². The van der Waals surface area contributed by atoms with E-state index in [0.29, 0.717) is 11.7 Å². The lowest BCUT2D eigenvalue weighted by Crippen LogP contribution is -2.15. The van der Waals surface area contributed by atoms with Crippen LogP contribution in [-0.4, -0.2) is 27.8 Å². The molecular formula is C10H13N3O2. The predicted octanol–water partition coefficient (Wildman–Crippen LogP) is 1.24. The second kappa shape index (κ2) is 4.25. The first-order chi connectivity index (χ1) is 7.25. The molecule has 2 rings (SSSR count). The van der Waals surface area contributed by atoms with Crippen LogP contribution in [0, 0.1) is 0 Å². The molecule has 2 N–H and O–H groups in total. The Hall–Kier alpha value is -1.65. The second-order valence-electron chi connectivity index (χ2n) is 3.72. The summed E-state index contributed by atoms with van der Waals surface area (Å²) in [6.45, 7) is -0.128. The molecule has 1 aromatic heterocycles. The maximum atomic E-state index is 10.3. The van der Waals surface area contributed by atoms with Crippen molar-refractivity contribution < 1.29 is 9.90 Å². The zero-order valence-electron chi connectivity index (χ0n) is 8.31. The summed E-state index contributed by atoms with van der Waals surface area (Å²) in [7, 11) is 0. The van der Waals surface area contributed by atoms with Gasteiger partial charge in [0.25, 0.3) is 0 Å². The van der Waals surface area contributed by atoms with Gasteiger partial charge in [-0.25, -0.2) is 0 Å². The van der Waals surface area contributed by atoms with Gasteiger partial charge in [-0.05, 0) is 25.0 Å². The summed E-state index contributed by atoms with van der Waals surface area (Å²) in [5.41, 5.74) is 1.02. The van der Waals surface area contributed by atoms with Crippen LogP contribution in [0.15, 0.2) is 12.1 Å². The molecule has 0 atom stereocenters. The average molecular weight is 207 g/mol. The van der Waals surface area contributed by atoms with E-state index in [0.717, 1.165) is 5.69 Å². The summed E-state index contributed by atoms with van der Waals surface area (Å²) in [5.74, 6) is 0.173. The molecule has 5 heteroatoms. The molecular weight excluding hydrogens is 194 g/mol. The molecule has 0 amide bonds. The third kappa shape index (κ3) is 2.43. The van der Waals surface area contributed by atoms with Gasteiger partial charge in [0.1, 0.15) is 12.4 Å². The summed E-state index contributed by atoms with van der Waals surface area (Å²) in [6.07, 6.45) is 3.65. The highest BCUT2D eigenvalue weighted by atomic mass is 16.4. The van der Waals surface area contributed by atoms with E-state index < -0.39 is 5.97 Å².